The maximum Gasteiger partial charge on any atom is 0.257 e. The quantitative estimate of drug-likeness (QED) is 0.879. The van der Waals surface area contributed by atoms with Crippen LogP contribution < -0.4 is 0 Å². The van der Waals surface area contributed by atoms with Crippen LogP contribution in [-0.4, -0.2) is 71.3 Å². The molecule has 27 heavy (non-hydrogen) atoms. The molecule has 142 valence electrons. The molecule has 3 heterocycles. The predicted molar refractivity (Wildman–Crippen MR) is 107 cm³/mol. The van der Waals surface area contributed by atoms with E-state index < -0.39 is 0 Å². The second kappa shape index (κ2) is 7.80. The molecule has 7 heteroatoms. The molecular formula is C20H24N4O2S. The van der Waals surface area contributed by atoms with Gasteiger partial charge in [-0.3, -0.25) is 9.69 Å². The number of rotatable bonds is 4. The van der Waals surface area contributed by atoms with Gasteiger partial charge in [0, 0.05) is 43.0 Å². The zero-order valence-corrected chi connectivity index (χ0v) is 16.2. The average Bonchev–Trinajstić information content (AvgIpc) is 3.33. The number of nitrogens with zero attached hydrogens (tertiary/aromatic N) is 4. The molecule has 1 saturated heterocycles. The summed E-state index contributed by atoms with van der Waals surface area (Å²) in [6, 6.07) is 11.1. The summed E-state index contributed by atoms with van der Waals surface area (Å²) >= 11 is 1.64. The summed E-state index contributed by atoms with van der Waals surface area (Å²) in [6.07, 6.45) is 0.618. The van der Waals surface area contributed by atoms with Crippen molar-refractivity contribution in [2.24, 2.45) is 5.10 Å². The lowest BCUT2D eigenvalue weighted by atomic mass is 10.0. The molecule has 2 aromatic rings. The van der Waals surface area contributed by atoms with Crippen LogP contribution in [0.25, 0.3) is 0 Å². The Bertz CT molecular complexity index is 828. The number of benzene rings is 1. The molecule has 6 nitrogen and oxygen atoms in total. The number of hydrazone groups is 1. The van der Waals surface area contributed by atoms with Gasteiger partial charge in [-0.1, -0.05) is 18.2 Å². The van der Waals surface area contributed by atoms with Crippen LogP contribution >= 0.6 is 11.3 Å². The number of amides is 1. The molecule has 1 aromatic carbocycles. The topological polar surface area (TPSA) is 59.4 Å². The van der Waals surface area contributed by atoms with Gasteiger partial charge in [0.15, 0.2) is 0 Å². The van der Waals surface area contributed by atoms with Gasteiger partial charge < -0.3 is 10.0 Å². The van der Waals surface area contributed by atoms with E-state index in [1.165, 1.54) is 0 Å². The summed E-state index contributed by atoms with van der Waals surface area (Å²) in [4.78, 5) is 18.7. The lowest BCUT2D eigenvalue weighted by Gasteiger charge is -2.33. The molecule has 2 aliphatic rings. The van der Waals surface area contributed by atoms with Gasteiger partial charge in [-0.15, -0.1) is 11.3 Å². The standard InChI is InChI=1S/C20H24N4O2S/c1-22-8-10-23(11-9-22)14-20(26)24-17(19-7-4-12-27-19)13-16(21-24)15-5-2-3-6-18(15)25/h2-7,12,17,25H,8-11,13-14H2,1H3/t17-/m0/s1. The Morgan fingerprint density at radius 1 is 1.19 bits per heavy atom. The van der Waals surface area contributed by atoms with E-state index in [0.29, 0.717) is 18.5 Å². The van der Waals surface area contributed by atoms with Crippen LogP contribution in [0, 0.1) is 0 Å². The van der Waals surface area contributed by atoms with E-state index in [9.17, 15) is 9.90 Å². The van der Waals surface area contributed by atoms with Crippen molar-refractivity contribution >= 4 is 23.0 Å². The second-order valence-electron chi connectivity index (χ2n) is 7.12. The lowest BCUT2D eigenvalue weighted by molar-refractivity contribution is -0.134. The molecule has 1 fully saturated rings. The van der Waals surface area contributed by atoms with Crippen LogP contribution in [0.4, 0.5) is 0 Å². The molecule has 0 radical (unpaired) electrons. The third-order valence-electron chi connectivity index (χ3n) is 5.21. The minimum atomic E-state index is -0.0976. The molecule has 0 spiro atoms. The number of likely N-dealkylation sites (N-methyl/N-ethyl adjacent to an activating group) is 1. The van der Waals surface area contributed by atoms with Gasteiger partial charge in [0.1, 0.15) is 5.75 Å². The third-order valence-corrected chi connectivity index (χ3v) is 6.18. The van der Waals surface area contributed by atoms with E-state index in [1.807, 2.05) is 23.6 Å². The summed E-state index contributed by atoms with van der Waals surface area (Å²) < 4.78 is 0. The molecule has 0 unspecified atom stereocenters. The highest BCUT2D eigenvalue weighted by Crippen LogP contribution is 2.36. The molecule has 4 rings (SSSR count). The zero-order valence-electron chi connectivity index (χ0n) is 15.4. The first-order valence-electron chi connectivity index (χ1n) is 9.24. The summed E-state index contributed by atoms with van der Waals surface area (Å²) in [6.45, 7) is 4.14. The number of carbonyl (C=O) groups is 1. The third kappa shape index (κ3) is 3.90. The summed E-state index contributed by atoms with van der Waals surface area (Å²) in [5.41, 5.74) is 1.46. The van der Waals surface area contributed by atoms with Crippen molar-refractivity contribution in [2.75, 3.05) is 39.8 Å². The number of hydrogen-bond donors (Lipinski definition) is 1. The Morgan fingerprint density at radius 3 is 2.67 bits per heavy atom. The highest BCUT2D eigenvalue weighted by atomic mass is 32.1. The zero-order chi connectivity index (χ0) is 18.8. The lowest BCUT2D eigenvalue weighted by Crippen LogP contribution is -2.48. The van der Waals surface area contributed by atoms with Crippen molar-refractivity contribution in [3.8, 4) is 5.75 Å². The van der Waals surface area contributed by atoms with E-state index in [-0.39, 0.29) is 17.7 Å². The summed E-state index contributed by atoms with van der Waals surface area (Å²) in [5, 5.41) is 18.5. The minimum Gasteiger partial charge on any atom is -0.507 e. The van der Waals surface area contributed by atoms with Gasteiger partial charge in [-0.2, -0.15) is 5.10 Å². The first-order valence-corrected chi connectivity index (χ1v) is 10.1. The maximum atomic E-state index is 13.1. The largest absolute Gasteiger partial charge is 0.507 e. The SMILES string of the molecule is CN1CCN(CC(=O)N2N=C(c3ccccc3O)C[C@H]2c2cccs2)CC1. The number of carbonyl (C=O) groups excluding carboxylic acids is 1. The Kier molecular flexibility index (Phi) is 5.24. The highest BCUT2D eigenvalue weighted by Gasteiger charge is 2.35. The normalized spacial score (nSPS) is 21.4. The fourth-order valence-electron chi connectivity index (χ4n) is 3.59. The van der Waals surface area contributed by atoms with Crippen molar-refractivity contribution in [3.05, 3.63) is 52.2 Å². The molecule has 1 N–H and O–H groups in total. The predicted octanol–water partition coefficient (Wildman–Crippen LogP) is 2.38. The van der Waals surface area contributed by atoms with Gasteiger partial charge in [0.05, 0.1) is 18.3 Å². The first-order chi connectivity index (χ1) is 13.1. The van der Waals surface area contributed by atoms with Gasteiger partial charge in [0.2, 0.25) is 0 Å². The number of thiophene rings is 1. The maximum absolute atomic E-state index is 13.1. The molecule has 1 aromatic heterocycles. The van der Waals surface area contributed by atoms with Crippen LogP contribution in [0.15, 0.2) is 46.9 Å². The Labute approximate surface area is 163 Å². The van der Waals surface area contributed by atoms with E-state index >= 15 is 0 Å². The molecule has 2 aliphatic heterocycles. The van der Waals surface area contributed by atoms with Gasteiger partial charge in [-0.05, 0) is 30.6 Å². The van der Waals surface area contributed by atoms with Crippen LogP contribution in [0.5, 0.6) is 5.75 Å². The smallest absolute Gasteiger partial charge is 0.257 e. The molecule has 0 saturated carbocycles. The number of phenols is 1. The van der Waals surface area contributed by atoms with E-state index in [4.69, 9.17) is 0 Å². The van der Waals surface area contributed by atoms with Crippen molar-refractivity contribution in [1.82, 2.24) is 14.8 Å². The Balaban J connectivity index is 1.56. The van der Waals surface area contributed by atoms with Crippen molar-refractivity contribution < 1.29 is 9.90 Å². The highest BCUT2D eigenvalue weighted by molar-refractivity contribution is 7.10. The van der Waals surface area contributed by atoms with Crippen molar-refractivity contribution in [2.45, 2.75) is 12.5 Å². The van der Waals surface area contributed by atoms with E-state index in [2.05, 4.69) is 28.0 Å². The number of phenolic OH excluding ortho intramolecular Hbond substituents is 1. The van der Waals surface area contributed by atoms with Gasteiger partial charge in [-0.25, -0.2) is 5.01 Å². The summed E-state index contributed by atoms with van der Waals surface area (Å²) in [5.74, 6) is 0.220. The monoisotopic (exact) mass is 384 g/mol. The average molecular weight is 385 g/mol. The number of aromatic hydroxyl groups is 1. The van der Waals surface area contributed by atoms with Crippen LogP contribution in [0.2, 0.25) is 0 Å². The van der Waals surface area contributed by atoms with Gasteiger partial charge in [0.25, 0.3) is 5.91 Å². The second-order valence-corrected chi connectivity index (χ2v) is 8.10. The molecule has 0 aliphatic carbocycles. The molecular weight excluding hydrogens is 360 g/mol. The molecule has 1 amide bonds. The fraction of sp³-hybridized carbons (Fsp3) is 0.400. The number of piperazine rings is 1. The van der Waals surface area contributed by atoms with Crippen molar-refractivity contribution in [1.29, 1.82) is 0 Å². The van der Waals surface area contributed by atoms with Crippen LogP contribution in [0.3, 0.4) is 0 Å². The van der Waals surface area contributed by atoms with Gasteiger partial charge >= 0.3 is 0 Å². The molecule has 0 bridgehead atoms. The number of para-hydroxylation sites is 1. The Morgan fingerprint density at radius 2 is 1.96 bits per heavy atom. The van der Waals surface area contributed by atoms with Crippen molar-refractivity contribution in [3.63, 3.8) is 0 Å². The number of hydrogen-bond acceptors (Lipinski definition) is 6. The Hall–Kier alpha value is -2.22. The van der Waals surface area contributed by atoms with Crippen LogP contribution in [-0.2, 0) is 4.79 Å². The first kappa shape index (κ1) is 18.2. The molecule has 1 atom stereocenters. The van der Waals surface area contributed by atoms with Crippen LogP contribution in [0.1, 0.15) is 22.9 Å². The fourth-order valence-corrected chi connectivity index (χ4v) is 4.40. The van der Waals surface area contributed by atoms with E-state index in [0.717, 1.165) is 36.8 Å². The summed E-state index contributed by atoms with van der Waals surface area (Å²) in [7, 11) is 2.11. The van der Waals surface area contributed by atoms with E-state index in [1.54, 1.807) is 28.5 Å². The minimum absolute atomic E-state index is 0.0170.